The predicted molar refractivity (Wildman–Crippen MR) is 463 cm³/mol. The average molecular weight is 1590 g/mol. The molecule has 0 aromatic carbocycles. The van der Waals surface area contributed by atoms with E-state index in [1.54, 1.807) is 0 Å². The van der Waals surface area contributed by atoms with Gasteiger partial charge in [-0.05, 0) is 141 Å². The second kappa shape index (κ2) is 84.6. The zero-order valence-corrected chi connectivity index (χ0v) is 71.6. The Bertz CT molecular complexity index is 2650. The highest BCUT2D eigenvalue weighted by Crippen LogP contribution is 2.45. The van der Waals surface area contributed by atoms with E-state index in [-0.39, 0.29) is 19.3 Å². The minimum atomic E-state index is -4.94. The minimum absolute atomic E-state index is 0.0805. The molecule has 0 heterocycles. The number of aliphatic hydroxyl groups excluding tert-OH is 2. The molecule has 0 rings (SSSR count). The zero-order chi connectivity index (χ0) is 80.8. The third-order valence-corrected chi connectivity index (χ3v) is 20.1. The molecule has 0 aromatic rings. The highest BCUT2D eigenvalue weighted by Gasteiger charge is 2.29. The maximum Gasteiger partial charge on any atom is 0.472 e. The molecule has 0 saturated heterocycles. The van der Waals surface area contributed by atoms with Crippen molar-refractivity contribution in [3.63, 3.8) is 0 Å². The van der Waals surface area contributed by atoms with Gasteiger partial charge in [0.2, 0.25) is 0 Å². The number of phosphoric ester groups is 2. The second-order valence-electron chi connectivity index (χ2n) is 28.9. The van der Waals surface area contributed by atoms with Crippen molar-refractivity contribution < 1.29 is 75.8 Å². The number of ether oxygens (including phenoxy) is 3. The molecule has 0 saturated carbocycles. The molecule has 16 nitrogen and oxygen atoms in total. The monoisotopic (exact) mass is 1590 g/mol. The Hall–Kier alpha value is -4.83. The molecule has 636 valence electrons. The van der Waals surface area contributed by atoms with Crippen molar-refractivity contribution in [2.24, 2.45) is 0 Å². The number of aliphatic hydroxyl groups is 2. The number of allylic oxidation sites excluding steroid dienone is 26. The Balaban J connectivity index is 4.44. The SMILES string of the molecule is CC/C=C\C/C=C\C/C=C\C/C=C\C/C=C\CCCCCCCCCCCCCCCCCCCCCC(=O)OCC(O)COP(=O)(O)OCC(O)COP(=O)(O)OCC(COC(=O)CCCCCCCCCCC/C=C\C/C=C\C/C=C\C/C=C\C/C=C\CC)OC(=O)CCCCCCC/C=C\C/C=C\C/C=C\CC. The van der Waals surface area contributed by atoms with Crippen LogP contribution >= 0.6 is 15.6 Å². The van der Waals surface area contributed by atoms with Crippen molar-refractivity contribution in [3.8, 4) is 0 Å². The van der Waals surface area contributed by atoms with E-state index in [9.17, 15) is 43.5 Å². The molecule has 5 atom stereocenters. The van der Waals surface area contributed by atoms with Crippen molar-refractivity contribution in [1.82, 2.24) is 0 Å². The van der Waals surface area contributed by atoms with Gasteiger partial charge in [0.25, 0.3) is 0 Å². The lowest BCUT2D eigenvalue weighted by Crippen LogP contribution is -2.30. The van der Waals surface area contributed by atoms with Gasteiger partial charge in [-0.2, -0.15) is 0 Å². The second-order valence-corrected chi connectivity index (χ2v) is 31.8. The summed E-state index contributed by atoms with van der Waals surface area (Å²) in [5, 5.41) is 20.7. The molecule has 0 aliphatic rings. The molecule has 0 bridgehead atoms. The fourth-order valence-electron chi connectivity index (χ4n) is 11.7. The van der Waals surface area contributed by atoms with Gasteiger partial charge in [0.05, 0.1) is 26.4 Å². The molecule has 111 heavy (non-hydrogen) atoms. The summed E-state index contributed by atoms with van der Waals surface area (Å²) in [5.41, 5.74) is 0. The predicted octanol–water partition coefficient (Wildman–Crippen LogP) is 26.5. The van der Waals surface area contributed by atoms with Gasteiger partial charge in [0.1, 0.15) is 25.4 Å². The van der Waals surface area contributed by atoms with Crippen molar-refractivity contribution >= 4 is 33.6 Å². The Morgan fingerprint density at radius 2 is 0.450 bits per heavy atom. The molecule has 0 aromatic heterocycles. The first-order chi connectivity index (χ1) is 54.2. The van der Waals surface area contributed by atoms with Crippen LogP contribution in [0.3, 0.4) is 0 Å². The van der Waals surface area contributed by atoms with E-state index in [1.165, 1.54) is 128 Å². The normalized spacial score (nSPS) is 14.6. The summed E-state index contributed by atoms with van der Waals surface area (Å²) in [7, 11) is -9.81. The van der Waals surface area contributed by atoms with Gasteiger partial charge < -0.3 is 34.2 Å². The van der Waals surface area contributed by atoms with E-state index in [1.807, 2.05) is 0 Å². The van der Waals surface area contributed by atoms with Crippen LogP contribution in [0.1, 0.15) is 355 Å². The van der Waals surface area contributed by atoms with Crippen molar-refractivity contribution in [1.29, 1.82) is 0 Å². The van der Waals surface area contributed by atoms with Crippen LogP contribution in [0.4, 0.5) is 0 Å². The van der Waals surface area contributed by atoms with Crippen LogP contribution in [-0.2, 0) is 55.8 Å². The van der Waals surface area contributed by atoms with Gasteiger partial charge in [0.15, 0.2) is 6.10 Å². The summed E-state index contributed by atoms with van der Waals surface area (Å²) in [6, 6.07) is 0. The number of hydrogen-bond acceptors (Lipinski definition) is 14. The minimum Gasteiger partial charge on any atom is -0.463 e. The number of carbonyl (C=O) groups excluding carboxylic acids is 3. The van der Waals surface area contributed by atoms with Gasteiger partial charge in [0, 0.05) is 19.3 Å². The maximum absolute atomic E-state index is 13.0. The van der Waals surface area contributed by atoms with E-state index in [2.05, 4.69) is 179 Å². The number of unbranched alkanes of at least 4 members (excludes halogenated alkanes) is 33. The molecule has 0 aliphatic heterocycles. The molecule has 0 aliphatic carbocycles. The number of phosphoric acid groups is 2. The van der Waals surface area contributed by atoms with E-state index in [0.717, 1.165) is 167 Å². The summed E-state index contributed by atoms with van der Waals surface area (Å²) in [5.74, 6) is -1.60. The Kier molecular flexibility index (Phi) is 80.9. The largest absolute Gasteiger partial charge is 0.472 e. The zero-order valence-electron chi connectivity index (χ0n) is 69.8. The van der Waals surface area contributed by atoms with Crippen molar-refractivity contribution in [2.75, 3.05) is 39.6 Å². The summed E-state index contributed by atoms with van der Waals surface area (Å²) in [4.78, 5) is 58.8. The molecule has 0 fully saturated rings. The average Bonchev–Trinajstić information content (AvgIpc) is 0.901. The Morgan fingerprint density at radius 3 is 0.712 bits per heavy atom. The van der Waals surface area contributed by atoms with Crippen LogP contribution < -0.4 is 0 Å². The molecule has 18 heteroatoms. The van der Waals surface area contributed by atoms with Gasteiger partial charge >= 0.3 is 33.6 Å². The summed E-state index contributed by atoms with van der Waals surface area (Å²) >= 11 is 0. The van der Waals surface area contributed by atoms with Crippen LogP contribution in [-0.4, -0.2) is 95.9 Å². The maximum atomic E-state index is 13.0. The molecular formula is C93H158O16P2. The highest BCUT2D eigenvalue weighted by atomic mass is 31.2. The van der Waals surface area contributed by atoms with E-state index >= 15 is 0 Å². The van der Waals surface area contributed by atoms with Crippen LogP contribution in [0, 0.1) is 0 Å². The molecule has 5 unspecified atom stereocenters. The summed E-state index contributed by atoms with van der Waals surface area (Å²) in [6.45, 7) is 2.34. The van der Waals surface area contributed by atoms with Gasteiger partial charge in [-0.25, -0.2) is 9.13 Å². The smallest absolute Gasteiger partial charge is 0.463 e. The first-order valence-corrected chi connectivity index (χ1v) is 46.8. The number of hydrogen-bond donors (Lipinski definition) is 4. The van der Waals surface area contributed by atoms with E-state index in [4.69, 9.17) is 32.3 Å². The fraction of sp³-hybridized carbons (Fsp3) is 0.688. The fourth-order valence-corrected chi connectivity index (χ4v) is 13.3. The van der Waals surface area contributed by atoms with E-state index in [0.29, 0.717) is 19.3 Å². The molecule has 0 amide bonds. The summed E-state index contributed by atoms with van der Waals surface area (Å²) in [6.07, 6.45) is 107. The summed E-state index contributed by atoms with van der Waals surface area (Å²) < 4.78 is 61.3. The van der Waals surface area contributed by atoms with Crippen molar-refractivity contribution in [2.45, 2.75) is 373 Å². The molecular weight excluding hydrogens is 1430 g/mol. The van der Waals surface area contributed by atoms with Gasteiger partial charge in [-0.3, -0.25) is 32.5 Å². The number of carbonyl (C=O) groups is 3. The lowest BCUT2D eigenvalue weighted by molar-refractivity contribution is -0.161. The first kappa shape index (κ1) is 106. The third-order valence-electron chi connectivity index (χ3n) is 18.2. The van der Waals surface area contributed by atoms with Crippen molar-refractivity contribution in [3.05, 3.63) is 158 Å². The standard InChI is InChI=1S/C93H158O16P2/c1-4-7-10-13-16-19-22-25-28-30-32-34-36-38-39-40-41-42-43-44-45-46-47-49-51-52-54-56-59-61-64-67-70-73-76-79-91(96)103-82-88(94)83-105-110(99,100)106-84-89(95)85-107-111(101,102)108-87-90(109-93(98)81-78-75-72-69-66-63-58-27-24-21-18-15-12-9-6-3)86-104-92(97)80-77-74-71-68-65-62-60-57-55-53-50-48-37-35-33-31-29-26-23-20-17-14-11-8-5-2/h7-12,16-21,25-29,32-35,38-39,48,50,58,88-90,94-95H,4-6,13-15,22-24,30-31,36-37,40-47,49,51-57,59-87H2,1-3H3,(H,99,100)(H,101,102)/b10-7-,11-8-,12-9-,19-16-,20-17-,21-18-,28-25-,29-26-,34-32-,35-33-,39-38-,50-48-,58-27-. The van der Waals surface area contributed by atoms with E-state index < -0.39 is 91.5 Å². The topological polar surface area (TPSA) is 231 Å². The third kappa shape index (κ3) is 85.9. The van der Waals surface area contributed by atoms with Crippen LogP contribution in [0.2, 0.25) is 0 Å². The molecule has 0 radical (unpaired) electrons. The van der Waals surface area contributed by atoms with Gasteiger partial charge in [-0.15, -0.1) is 0 Å². The van der Waals surface area contributed by atoms with Crippen LogP contribution in [0.5, 0.6) is 0 Å². The van der Waals surface area contributed by atoms with Crippen LogP contribution in [0.25, 0.3) is 0 Å². The highest BCUT2D eigenvalue weighted by molar-refractivity contribution is 7.47. The number of esters is 3. The van der Waals surface area contributed by atoms with Gasteiger partial charge in [-0.1, -0.05) is 352 Å². The lowest BCUT2D eigenvalue weighted by Gasteiger charge is -2.21. The Labute approximate surface area is 676 Å². The number of rotatable bonds is 82. The molecule has 0 spiro atoms. The Morgan fingerprint density at radius 1 is 0.252 bits per heavy atom. The van der Waals surface area contributed by atoms with Crippen LogP contribution in [0.15, 0.2) is 158 Å². The molecule has 4 N–H and O–H groups in total. The quantitative estimate of drug-likeness (QED) is 0.0146. The first-order valence-electron chi connectivity index (χ1n) is 43.8. The lowest BCUT2D eigenvalue weighted by atomic mass is 10.0.